The van der Waals surface area contributed by atoms with Crippen LogP contribution in [0.25, 0.3) is 0 Å². The van der Waals surface area contributed by atoms with Crippen LogP contribution in [-0.4, -0.2) is 11.5 Å². The van der Waals surface area contributed by atoms with Crippen LogP contribution in [0, 0.1) is 0 Å². The third-order valence-corrected chi connectivity index (χ3v) is 3.49. The molecule has 112 valence electrons. The van der Waals surface area contributed by atoms with E-state index in [4.69, 9.17) is 39.5 Å². The Bertz CT molecular complexity index is 600. The fourth-order valence-corrected chi connectivity index (χ4v) is 2.43. The summed E-state index contributed by atoms with van der Waals surface area (Å²) >= 11 is 18.0. The lowest BCUT2D eigenvalue weighted by molar-refractivity contribution is 0.462. The first-order chi connectivity index (χ1) is 10.1. The molecule has 0 spiro atoms. The van der Waals surface area contributed by atoms with Gasteiger partial charge in [-0.25, -0.2) is 4.98 Å². The summed E-state index contributed by atoms with van der Waals surface area (Å²) in [5.74, 6) is 0.987. The van der Waals surface area contributed by atoms with Gasteiger partial charge in [-0.1, -0.05) is 41.7 Å². The van der Waals surface area contributed by atoms with Crippen LogP contribution in [0.5, 0.6) is 11.6 Å². The van der Waals surface area contributed by atoms with Gasteiger partial charge >= 0.3 is 0 Å². The van der Waals surface area contributed by atoms with Crippen molar-refractivity contribution in [3.8, 4) is 11.6 Å². The minimum absolute atomic E-state index is 0.450. The fraction of sp³-hybridized carbons (Fsp3) is 0.267. The van der Waals surface area contributed by atoms with Crippen molar-refractivity contribution in [3.05, 3.63) is 51.1 Å². The van der Waals surface area contributed by atoms with Gasteiger partial charge in [0.2, 0.25) is 5.88 Å². The van der Waals surface area contributed by atoms with Gasteiger partial charge in [0.05, 0.1) is 5.02 Å². The van der Waals surface area contributed by atoms with E-state index in [2.05, 4.69) is 17.2 Å². The molecule has 1 aromatic heterocycles. The van der Waals surface area contributed by atoms with Crippen LogP contribution in [0.4, 0.5) is 0 Å². The molecule has 0 aliphatic heterocycles. The van der Waals surface area contributed by atoms with E-state index in [-0.39, 0.29) is 0 Å². The Labute approximate surface area is 139 Å². The van der Waals surface area contributed by atoms with Gasteiger partial charge in [0.15, 0.2) is 0 Å². The molecule has 1 aromatic carbocycles. The van der Waals surface area contributed by atoms with E-state index in [1.54, 1.807) is 30.5 Å². The molecule has 1 heterocycles. The Kier molecular flexibility index (Phi) is 6.12. The average molecular weight is 346 g/mol. The number of hydrogen-bond acceptors (Lipinski definition) is 3. The van der Waals surface area contributed by atoms with Crippen molar-refractivity contribution in [2.45, 2.75) is 19.9 Å². The third kappa shape index (κ3) is 5.04. The van der Waals surface area contributed by atoms with Gasteiger partial charge in [-0.15, -0.1) is 0 Å². The van der Waals surface area contributed by atoms with Crippen LogP contribution in [0.1, 0.15) is 18.9 Å². The maximum Gasteiger partial charge on any atom is 0.219 e. The highest BCUT2D eigenvalue weighted by molar-refractivity contribution is 6.34. The molecule has 0 saturated carbocycles. The maximum absolute atomic E-state index is 6.13. The van der Waals surface area contributed by atoms with Crippen LogP contribution >= 0.6 is 34.8 Å². The molecule has 0 amide bonds. The van der Waals surface area contributed by atoms with Gasteiger partial charge in [0, 0.05) is 28.9 Å². The van der Waals surface area contributed by atoms with Gasteiger partial charge in [0.25, 0.3) is 0 Å². The van der Waals surface area contributed by atoms with Gasteiger partial charge < -0.3 is 10.1 Å². The number of nitrogens with one attached hydrogen (secondary N) is 1. The van der Waals surface area contributed by atoms with Crippen molar-refractivity contribution < 1.29 is 4.74 Å². The molecule has 21 heavy (non-hydrogen) atoms. The van der Waals surface area contributed by atoms with Crippen LogP contribution in [0.2, 0.25) is 15.1 Å². The molecular formula is C15H15Cl3N2O. The van der Waals surface area contributed by atoms with E-state index in [9.17, 15) is 0 Å². The lowest BCUT2D eigenvalue weighted by atomic mass is 10.2. The molecule has 0 fully saturated rings. The lowest BCUT2D eigenvalue weighted by Gasteiger charge is -2.09. The number of rotatable bonds is 6. The summed E-state index contributed by atoms with van der Waals surface area (Å²) in [6.07, 6.45) is 2.64. The normalized spacial score (nSPS) is 10.7. The first kappa shape index (κ1) is 16.4. The molecule has 2 rings (SSSR count). The molecule has 0 aliphatic carbocycles. The number of benzene rings is 1. The zero-order valence-electron chi connectivity index (χ0n) is 11.5. The number of halogens is 3. The Balaban J connectivity index is 2.14. The molecule has 1 N–H and O–H groups in total. The highest BCUT2D eigenvalue weighted by atomic mass is 35.5. The molecule has 0 bridgehead atoms. The molecule has 0 aliphatic rings. The van der Waals surface area contributed by atoms with E-state index in [1.165, 1.54) is 0 Å². The predicted octanol–water partition coefficient (Wildman–Crippen LogP) is 5.33. The summed E-state index contributed by atoms with van der Waals surface area (Å²) in [4.78, 5) is 4.15. The van der Waals surface area contributed by atoms with Crippen LogP contribution in [0.3, 0.4) is 0 Å². The summed E-state index contributed by atoms with van der Waals surface area (Å²) in [6.45, 7) is 3.71. The summed E-state index contributed by atoms with van der Waals surface area (Å²) in [5, 5.41) is 4.92. The maximum atomic E-state index is 6.13. The van der Waals surface area contributed by atoms with Crippen molar-refractivity contribution in [2.75, 3.05) is 6.54 Å². The average Bonchev–Trinajstić information content (AvgIpc) is 2.41. The van der Waals surface area contributed by atoms with Crippen molar-refractivity contribution in [1.82, 2.24) is 10.3 Å². The highest BCUT2D eigenvalue weighted by Gasteiger charge is 2.06. The minimum atomic E-state index is 0.450. The number of hydrogen-bond donors (Lipinski definition) is 1. The Morgan fingerprint density at radius 2 is 1.81 bits per heavy atom. The summed E-state index contributed by atoms with van der Waals surface area (Å²) < 4.78 is 5.68. The van der Waals surface area contributed by atoms with Gasteiger partial charge in [-0.2, -0.15) is 0 Å². The first-order valence-electron chi connectivity index (χ1n) is 6.57. The molecule has 0 radical (unpaired) electrons. The van der Waals surface area contributed by atoms with Crippen molar-refractivity contribution in [2.24, 2.45) is 0 Å². The van der Waals surface area contributed by atoms with Crippen LogP contribution < -0.4 is 10.1 Å². The summed E-state index contributed by atoms with van der Waals surface area (Å²) in [7, 11) is 0. The quantitative estimate of drug-likeness (QED) is 0.718. The molecular weight excluding hydrogens is 331 g/mol. The Morgan fingerprint density at radius 3 is 2.48 bits per heavy atom. The van der Waals surface area contributed by atoms with E-state index in [1.807, 2.05) is 0 Å². The topological polar surface area (TPSA) is 34.1 Å². The zero-order valence-corrected chi connectivity index (χ0v) is 13.8. The van der Waals surface area contributed by atoms with Crippen molar-refractivity contribution >= 4 is 34.8 Å². The summed E-state index contributed by atoms with van der Waals surface area (Å²) in [5.41, 5.74) is 0.934. The zero-order chi connectivity index (χ0) is 15.2. The smallest absolute Gasteiger partial charge is 0.219 e. The summed E-state index contributed by atoms with van der Waals surface area (Å²) in [6, 6.07) is 6.81. The van der Waals surface area contributed by atoms with Gasteiger partial charge in [-0.05, 0) is 36.7 Å². The van der Waals surface area contributed by atoms with Crippen LogP contribution in [0.15, 0.2) is 30.5 Å². The first-order valence-corrected chi connectivity index (χ1v) is 7.71. The molecule has 0 saturated heterocycles. The molecule has 6 heteroatoms. The van der Waals surface area contributed by atoms with E-state index < -0.39 is 0 Å². The fourth-order valence-electron chi connectivity index (χ4n) is 1.76. The molecule has 0 unspecified atom stereocenters. The number of ether oxygens (including phenoxy) is 1. The molecule has 3 nitrogen and oxygen atoms in total. The van der Waals surface area contributed by atoms with Gasteiger partial charge in [-0.3, -0.25) is 0 Å². The van der Waals surface area contributed by atoms with Crippen molar-refractivity contribution in [3.63, 3.8) is 0 Å². The third-order valence-electron chi connectivity index (χ3n) is 2.71. The second-order valence-corrected chi connectivity index (χ2v) is 5.78. The Morgan fingerprint density at radius 1 is 1.10 bits per heavy atom. The molecule has 0 atom stereocenters. The predicted molar refractivity (Wildman–Crippen MR) is 87.8 cm³/mol. The number of pyridine rings is 1. The largest absolute Gasteiger partial charge is 0.439 e. The number of aromatic nitrogens is 1. The van der Waals surface area contributed by atoms with E-state index >= 15 is 0 Å². The second kappa shape index (κ2) is 7.85. The highest BCUT2D eigenvalue weighted by Crippen LogP contribution is 2.28. The minimum Gasteiger partial charge on any atom is -0.439 e. The van der Waals surface area contributed by atoms with Crippen molar-refractivity contribution in [1.29, 1.82) is 0 Å². The lowest BCUT2D eigenvalue weighted by Crippen LogP contribution is -2.14. The Hall–Kier alpha value is -1.00. The standard InChI is InChI=1S/C15H15Cl3N2O/c1-2-3-19-8-10-4-15(20-9-14(10)18)21-13-6-11(16)5-12(17)7-13/h4-7,9,19H,2-3,8H2,1H3. The molecule has 2 aromatic rings. The SMILES string of the molecule is CCCNCc1cc(Oc2cc(Cl)cc(Cl)c2)ncc1Cl. The monoisotopic (exact) mass is 344 g/mol. The second-order valence-electron chi connectivity index (χ2n) is 4.50. The van der Waals surface area contributed by atoms with Gasteiger partial charge in [0.1, 0.15) is 5.75 Å². The van der Waals surface area contributed by atoms with Crippen LogP contribution in [-0.2, 0) is 6.54 Å². The number of nitrogens with zero attached hydrogens (tertiary/aromatic N) is 1. The van der Waals surface area contributed by atoms with E-state index in [0.717, 1.165) is 18.5 Å². The van der Waals surface area contributed by atoms with E-state index in [0.29, 0.717) is 33.2 Å².